The minimum Gasteiger partial charge on any atom is -0.437 e. The summed E-state index contributed by atoms with van der Waals surface area (Å²) in [6.45, 7) is 0. The molecule has 0 unspecified atom stereocenters. The molecule has 14 heavy (non-hydrogen) atoms. The van der Waals surface area contributed by atoms with Crippen molar-refractivity contribution in [2.24, 2.45) is 0 Å². The number of rotatable bonds is 2. The monoisotopic (exact) mass is 332 g/mol. The van der Waals surface area contributed by atoms with E-state index >= 15 is 0 Å². The Balaban J connectivity index is 2.28. The second kappa shape index (κ2) is 4.42. The molecule has 71 valence electrons. The largest absolute Gasteiger partial charge is 0.437 e. The van der Waals surface area contributed by atoms with Gasteiger partial charge in [0.15, 0.2) is 5.51 Å². The van der Waals surface area contributed by atoms with E-state index in [0.29, 0.717) is 5.88 Å². The highest BCUT2D eigenvalue weighted by atomic mass is 79.9. The molecule has 0 N–H and O–H groups in total. The van der Waals surface area contributed by atoms with Gasteiger partial charge in [0, 0.05) is 4.47 Å². The van der Waals surface area contributed by atoms with Crippen LogP contribution in [0, 0.1) is 5.51 Å². The minimum absolute atomic E-state index is 0.564. The molecule has 0 saturated heterocycles. The van der Waals surface area contributed by atoms with Crippen LogP contribution in [-0.2, 0) is 0 Å². The molecule has 1 aromatic heterocycles. The summed E-state index contributed by atoms with van der Waals surface area (Å²) >= 11 is 8.15. The zero-order chi connectivity index (χ0) is 9.97. The number of thiazole rings is 1. The third-order valence-electron chi connectivity index (χ3n) is 1.48. The highest BCUT2D eigenvalue weighted by molar-refractivity contribution is 9.11. The van der Waals surface area contributed by atoms with E-state index in [-0.39, 0.29) is 0 Å². The first-order chi connectivity index (χ1) is 6.75. The van der Waals surface area contributed by atoms with E-state index in [0.717, 1.165) is 14.7 Å². The molecule has 1 radical (unpaired) electrons. The van der Waals surface area contributed by atoms with E-state index < -0.39 is 0 Å². The van der Waals surface area contributed by atoms with Crippen LogP contribution in [0.2, 0.25) is 0 Å². The Morgan fingerprint density at radius 3 is 2.93 bits per heavy atom. The van der Waals surface area contributed by atoms with Crippen LogP contribution in [0.1, 0.15) is 0 Å². The molecule has 1 heterocycles. The number of aromatic nitrogens is 1. The van der Waals surface area contributed by atoms with Crippen molar-refractivity contribution in [2.75, 3.05) is 0 Å². The van der Waals surface area contributed by atoms with Gasteiger partial charge < -0.3 is 4.74 Å². The molecule has 0 atom stereocenters. The quantitative estimate of drug-likeness (QED) is 0.819. The zero-order valence-corrected chi connectivity index (χ0v) is 10.8. The molecule has 0 fully saturated rings. The Bertz CT molecular complexity index is 430. The SMILES string of the molecule is Brc1ccc(Br)c(Oc2cs[c]n2)c1. The van der Waals surface area contributed by atoms with E-state index in [1.54, 1.807) is 5.38 Å². The third kappa shape index (κ3) is 2.34. The van der Waals surface area contributed by atoms with E-state index in [2.05, 4.69) is 42.4 Å². The molecule has 2 aromatic rings. The Labute approximate surface area is 102 Å². The molecule has 2 rings (SSSR count). The summed E-state index contributed by atoms with van der Waals surface area (Å²) in [5, 5.41) is 1.80. The lowest BCUT2D eigenvalue weighted by Crippen LogP contribution is -1.84. The molecule has 0 amide bonds. The first kappa shape index (κ1) is 10.1. The molecule has 0 aliphatic carbocycles. The molecule has 0 aliphatic rings. The summed E-state index contributed by atoms with van der Waals surface area (Å²) in [5.74, 6) is 1.30. The molecule has 0 bridgehead atoms. The van der Waals surface area contributed by atoms with Gasteiger partial charge in [0.1, 0.15) is 5.75 Å². The minimum atomic E-state index is 0.564. The van der Waals surface area contributed by atoms with Crippen LogP contribution in [-0.4, -0.2) is 4.98 Å². The van der Waals surface area contributed by atoms with Gasteiger partial charge in [-0.3, -0.25) is 0 Å². The first-order valence-corrected chi connectivity index (χ1v) is 6.17. The van der Waals surface area contributed by atoms with Crippen LogP contribution in [0.15, 0.2) is 32.5 Å². The van der Waals surface area contributed by atoms with E-state index in [9.17, 15) is 0 Å². The maximum atomic E-state index is 5.52. The topological polar surface area (TPSA) is 22.1 Å². The summed E-state index contributed by atoms with van der Waals surface area (Å²) in [6, 6.07) is 5.73. The highest BCUT2D eigenvalue weighted by Crippen LogP contribution is 2.31. The second-order valence-corrected chi connectivity index (χ2v) is 4.88. The number of benzene rings is 1. The number of hydrogen-bond acceptors (Lipinski definition) is 3. The van der Waals surface area contributed by atoms with Crippen molar-refractivity contribution >= 4 is 43.2 Å². The van der Waals surface area contributed by atoms with E-state index in [1.165, 1.54) is 11.3 Å². The molecular formula is C9H4Br2NOS. The van der Waals surface area contributed by atoms with Crippen molar-refractivity contribution in [3.05, 3.63) is 38.0 Å². The second-order valence-electron chi connectivity index (χ2n) is 2.45. The number of ether oxygens (including phenoxy) is 1. The number of halogens is 2. The zero-order valence-electron chi connectivity index (χ0n) is 6.83. The summed E-state index contributed by atoms with van der Waals surface area (Å²) in [5.41, 5.74) is 2.72. The summed E-state index contributed by atoms with van der Waals surface area (Å²) in [7, 11) is 0. The summed E-state index contributed by atoms with van der Waals surface area (Å²) in [4.78, 5) is 3.92. The summed E-state index contributed by atoms with van der Waals surface area (Å²) < 4.78 is 7.39. The van der Waals surface area contributed by atoms with Gasteiger partial charge in [-0.2, -0.15) is 4.98 Å². The van der Waals surface area contributed by atoms with Gasteiger partial charge in [-0.25, -0.2) is 0 Å². The van der Waals surface area contributed by atoms with Gasteiger partial charge in [-0.15, -0.1) is 11.3 Å². The first-order valence-electron chi connectivity index (χ1n) is 3.70. The molecule has 0 spiro atoms. The Hall–Kier alpha value is -0.390. The number of nitrogens with zero attached hydrogens (tertiary/aromatic N) is 1. The summed E-state index contributed by atoms with van der Waals surface area (Å²) in [6.07, 6.45) is 0. The van der Waals surface area contributed by atoms with Crippen molar-refractivity contribution < 1.29 is 4.74 Å². The fourth-order valence-electron chi connectivity index (χ4n) is 0.889. The van der Waals surface area contributed by atoms with Gasteiger partial charge >= 0.3 is 0 Å². The Morgan fingerprint density at radius 1 is 1.36 bits per heavy atom. The smallest absolute Gasteiger partial charge is 0.230 e. The highest BCUT2D eigenvalue weighted by Gasteiger charge is 2.04. The van der Waals surface area contributed by atoms with Crippen LogP contribution in [0.3, 0.4) is 0 Å². The predicted octanol–water partition coefficient (Wildman–Crippen LogP) is 4.26. The third-order valence-corrected chi connectivity index (χ3v) is 3.14. The lowest BCUT2D eigenvalue weighted by Gasteiger charge is -2.04. The fourth-order valence-corrected chi connectivity index (χ4v) is 1.95. The molecule has 0 saturated carbocycles. The van der Waals surface area contributed by atoms with E-state index in [4.69, 9.17) is 4.74 Å². The maximum absolute atomic E-state index is 5.52. The molecule has 2 nitrogen and oxygen atoms in total. The molecule has 1 aromatic carbocycles. The van der Waals surface area contributed by atoms with Gasteiger partial charge in [-0.05, 0) is 34.1 Å². The lowest BCUT2D eigenvalue weighted by atomic mass is 10.3. The lowest BCUT2D eigenvalue weighted by molar-refractivity contribution is 0.463. The van der Waals surface area contributed by atoms with Gasteiger partial charge in [0.05, 0.1) is 9.85 Å². The number of hydrogen-bond donors (Lipinski definition) is 0. The normalized spacial score (nSPS) is 10.1. The van der Waals surface area contributed by atoms with Crippen molar-refractivity contribution in [3.8, 4) is 11.6 Å². The molecule has 0 aliphatic heterocycles. The standard InChI is InChI=1S/C9H4Br2NOS/c10-6-1-2-7(11)8(3-6)13-9-4-14-5-12-9/h1-4H. The van der Waals surface area contributed by atoms with Crippen LogP contribution >= 0.6 is 43.2 Å². The Morgan fingerprint density at radius 2 is 2.21 bits per heavy atom. The predicted molar refractivity (Wildman–Crippen MR) is 62.9 cm³/mol. The van der Waals surface area contributed by atoms with Gasteiger partial charge in [-0.1, -0.05) is 15.9 Å². The average molecular weight is 334 g/mol. The maximum Gasteiger partial charge on any atom is 0.230 e. The van der Waals surface area contributed by atoms with E-state index in [1.807, 2.05) is 18.2 Å². The van der Waals surface area contributed by atoms with Crippen molar-refractivity contribution in [3.63, 3.8) is 0 Å². The fraction of sp³-hybridized carbons (Fsp3) is 0. The van der Waals surface area contributed by atoms with Crippen LogP contribution in [0.25, 0.3) is 0 Å². The van der Waals surface area contributed by atoms with Gasteiger partial charge in [0.2, 0.25) is 5.88 Å². The molecule has 5 heteroatoms. The van der Waals surface area contributed by atoms with Gasteiger partial charge in [0.25, 0.3) is 0 Å². The van der Waals surface area contributed by atoms with Crippen LogP contribution < -0.4 is 4.74 Å². The van der Waals surface area contributed by atoms with Crippen LogP contribution in [0.4, 0.5) is 0 Å². The Kier molecular flexibility index (Phi) is 3.20. The van der Waals surface area contributed by atoms with Crippen LogP contribution in [0.5, 0.6) is 11.6 Å². The van der Waals surface area contributed by atoms with Crippen molar-refractivity contribution in [1.82, 2.24) is 4.98 Å². The molecular weight excluding hydrogens is 330 g/mol. The van der Waals surface area contributed by atoms with Crippen molar-refractivity contribution in [2.45, 2.75) is 0 Å². The average Bonchev–Trinajstić information content (AvgIpc) is 2.64. The van der Waals surface area contributed by atoms with Crippen molar-refractivity contribution in [1.29, 1.82) is 0 Å².